The van der Waals surface area contributed by atoms with E-state index in [1.54, 1.807) is 0 Å². The molecule has 76 valence electrons. The standard InChI is InChI=1S/C9H9F2NO2/c10-6-4-2-1-3-5(6)7(11)8(12)9(13)14/h1-4,7-8H,12H2,(H,13,14)/t7?,8-/m0/s1. The Labute approximate surface area is 79.2 Å². The van der Waals surface area contributed by atoms with Gasteiger partial charge in [0.15, 0.2) is 6.17 Å². The van der Waals surface area contributed by atoms with Crippen molar-refractivity contribution >= 4 is 5.97 Å². The summed E-state index contributed by atoms with van der Waals surface area (Å²) < 4.78 is 26.3. The molecule has 0 saturated heterocycles. The molecule has 0 fully saturated rings. The first-order chi connectivity index (χ1) is 6.54. The zero-order valence-electron chi connectivity index (χ0n) is 7.15. The van der Waals surface area contributed by atoms with E-state index >= 15 is 0 Å². The van der Waals surface area contributed by atoms with Crippen molar-refractivity contribution in [3.63, 3.8) is 0 Å². The maximum Gasteiger partial charge on any atom is 0.323 e. The first-order valence-electron chi connectivity index (χ1n) is 3.91. The Bertz CT molecular complexity index is 343. The molecule has 5 heteroatoms. The summed E-state index contributed by atoms with van der Waals surface area (Å²) in [4.78, 5) is 10.3. The maximum atomic E-state index is 13.3. The number of halogens is 2. The van der Waals surface area contributed by atoms with Gasteiger partial charge in [-0.15, -0.1) is 0 Å². The molecule has 1 unspecified atom stereocenters. The molecule has 1 aromatic rings. The van der Waals surface area contributed by atoms with Crippen LogP contribution in [-0.2, 0) is 4.79 Å². The van der Waals surface area contributed by atoms with Gasteiger partial charge in [0.2, 0.25) is 0 Å². The van der Waals surface area contributed by atoms with E-state index in [0.717, 1.165) is 6.07 Å². The van der Waals surface area contributed by atoms with Gasteiger partial charge in [-0.25, -0.2) is 8.78 Å². The molecule has 0 radical (unpaired) electrons. The van der Waals surface area contributed by atoms with E-state index in [9.17, 15) is 13.6 Å². The highest BCUT2D eigenvalue weighted by molar-refractivity contribution is 5.74. The van der Waals surface area contributed by atoms with Gasteiger partial charge >= 0.3 is 5.97 Å². The van der Waals surface area contributed by atoms with Crippen LogP contribution in [0.2, 0.25) is 0 Å². The van der Waals surface area contributed by atoms with Gasteiger partial charge in [-0.1, -0.05) is 18.2 Å². The number of carbonyl (C=O) groups is 1. The van der Waals surface area contributed by atoms with Crippen LogP contribution in [0.3, 0.4) is 0 Å². The van der Waals surface area contributed by atoms with Crippen molar-refractivity contribution in [1.29, 1.82) is 0 Å². The number of carboxylic acid groups (broad SMARTS) is 1. The number of hydrogen-bond donors (Lipinski definition) is 2. The summed E-state index contributed by atoms with van der Waals surface area (Å²) in [7, 11) is 0. The third-order valence-corrected chi connectivity index (χ3v) is 1.80. The monoisotopic (exact) mass is 201 g/mol. The van der Waals surface area contributed by atoms with Crippen molar-refractivity contribution in [2.24, 2.45) is 5.73 Å². The van der Waals surface area contributed by atoms with E-state index in [4.69, 9.17) is 10.8 Å². The number of alkyl halides is 1. The Balaban J connectivity index is 2.94. The summed E-state index contributed by atoms with van der Waals surface area (Å²) in [5.41, 5.74) is 4.69. The zero-order chi connectivity index (χ0) is 10.7. The normalized spacial score (nSPS) is 14.8. The Hall–Kier alpha value is -1.49. The van der Waals surface area contributed by atoms with E-state index in [1.165, 1.54) is 18.2 Å². The van der Waals surface area contributed by atoms with Gasteiger partial charge in [-0.2, -0.15) is 0 Å². The van der Waals surface area contributed by atoms with Gasteiger partial charge in [-0.3, -0.25) is 4.79 Å². The average molecular weight is 201 g/mol. The molecule has 0 heterocycles. The van der Waals surface area contributed by atoms with Crippen LogP contribution in [-0.4, -0.2) is 17.1 Å². The molecule has 0 bridgehead atoms. The lowest BCUT2D eigenvalue weighted by Crippen LogP contribution is -2.35. The molecular weight excluding hydrogens is 192 g/mol. The topological polar surface area (TPSA) is 63.3 Å². The van der Waals surface area contributed by atoms with Gasteiger partial charge in [0, 0.05) is 5.56 Å². The summed E-state index contributed by atoms with van der Waals surface area (Å²) in [5, 5.41) is 8.42. The minimum atomic E-state index is -2.03. The van der Waals surface area contributed by atoms with Gasteiger partial charge in [0.05, 0.1) is 0 Å². The second-order valence-electron chi connectivity index (χ2n) is 2.79. The average Bonchev–Trinajstić information content (AvgIpc) is 2.16. The summed E-state index contributed by atoms with van der Waals surface area (Å²) >= 11 is 0. The molecule has 0 aliphatic heterocycles. The number of benzene rings is 1. The van der Waals surface area contributed by atoms with Crippen LogP contribution in [0.25, 0.3) is 0 Å². The lowest BCUT2D eigenvalue weighted by molar-refractivity contribution is -0.140. The third kappa shape index (κ3) is 2.05. The molecule has 3 N–H and O–H groups in total. The fourth-order valence-electron chi connectivity index (χ4n) is 1.02. The smallest absolute Gasteiger partial charge is 0.323 e. The van der Waals surface area contributed by atoms with Crippen LogP contribution >= 0.6 is 0 Å². The first-order valence-corrected chi connectivity index (χ1v) is 3.91. The number of hydrogen-bond acceptors (Lipinski definition) is 2. The van der Waals surface area contributed by atoms with E-state index in [2.05, 4.69) is 0 Å². The van der Waals surface area contributed by atoms with Crippen molar-refractivity contribution in [2.45, 2.75) is 12.2 Å². The van der Waals surface area contributed by atoms with Crippen LogP contribution in [0.15, 0.2) is 24.3 Å². The highest BCUT2D eigenvalue weighted by Gasteiger charge is 2.27. The van der Waals surface area contributed by atoms with Crippen molar-refractivity contribution in [3.05, 3.63) is 35.6 Å². The molecule has 0 spiro atoms. The predicted molar refractivity (Wildman–Crippen MR) is 45.9 cm³/mol. The van der Waals surface area contributed by atoms with Crippen LogP contribution in [0, 0.1) is 5.82 Å². The first kappa shape index (κ1) is 10.6. The van der Waals surface area contributed by atoms with Crippen LogP contribution in [0.4, 0.5) is 8.78 Å². The lowest BCUT2D eigenvalue weighted by Gasteiger charge is -2.13. The van der Waals surface area contributed by atoms with Crippen LogP contribution in [0.5, 0.6) is 0 Å². The van der Waals surface area contributed by atoms with E-state index < -0.39 is 24.0 Å². The van der Waals surface area contributed by atoms with Crippen molar-refractivity contribution in [2.75, 3.05) is 0 Å². The Kier molecular flexibility index (Phi) is 3.14. The fraction of sp³-hybridized carbons (Fsp3) is 0.222. The Morgan fingerprint density at radius 3 is 2.50 bits per heavy atom. The Morgan fingerprint density at radius 2 is 2.00 bits per heavy atom. The molecule has 1 rings (SSSR count). The van der Waals surface area contributed by atoms with Gasteiger partial charge in [-0.05, 0) is 6.07 Å². The summed E-state index contributed by atoms with van der Waals surface area (Å²) in [6, 6.07) is 3.28. The van der Waals surface area contributed by atoms with E-state index in [1.807, 2.05) is 0 Å². The molecule has 0 amide bonds. The summed E-state index contributed by atoms with van der Waals surface area (Å²) in [6.07, 6.45) is -2.03. The lowest BCUT2D eigenvalue weighted by atomic mass is 10.0. The second kappa shape index (κ2) is 4.15. The molecule has 0 aromatic heterocycles. The summed E-state index contributed by atoms with van der Waals surface area (Å²) in [6.45, 7) is 0. The largest absolute Gasteiger partial charge is 0.480 e. The van der Waals surface area contributed by atoms with Crippen LogP contribution < -0.4 is 5.73 Å². The highest BCUT2D eigenvalue weighted by atomic mass is 19.1. The Morgan fingerprint density at radius 1 is 1.43 bits per heavy atom. The molecule has 1 aromatic carbocycles. The zero-order valence-corrected chi connectivity index (χ0v) is 7.15. The number of rotatable bonds is 3. The molecule has 0 saturated carbocycles. The molecule has 2 atom stereocenters. The van der Waals surface area contributed by atoms with Gasteiger partial charge < -0.3 is 10.8 Å². The van der Waals surface area contributed by atoms with E-state index in [0.29, 0.717) is 0 Å². The van der Waals surface area contributed by atoms with E-state index in [-0.39, 0.29) is 5.56 Å². The molecule has 3 nitrogen and oxygen atoms in total. The van der Waals surface area contributed by atoms with Crippen molar-refractivity contribution in [1.82, 2.24) is 0 Å². The number of nitrogens with two attached hydrogens (primary N) is 1. The van der Waals surface area contributed by atoms with Crippen molar-refractivity contribution < 1.29 is 18.7 Å². The highest BCUT2D eigenvalue weighted by Crippen LogP contribution is 2.22. The molecule has 14 heavy (non-hydrogen) atoms. The molecule has 0 aliphatic rings. The number of carboxylic acids is 1. The third-order valence-electron chi connectivity index (χ3n) is 1.80. The maximum absolute atomic E-state index is 13.3. The SMILES string of the molecule is N[C@H](C(=O)O)C(F)c1ccccc1F. The quantitative estimate of drug-likeness (QED) is 0.773. The molecule has 0 aliphatic carbocycles. The number of aliphatic carboxylic acids is 1. The fourth-order valence-corrected chi connectivity index (χ4v) is 1.02. The minimum absolute atomic E-state index is 0.331. The minimum Gasteiger partial charge on any atom is -0.480 e. The van der Waals surface area contributed by atoms with Crippen molar-refractivity contribution in [3.8, 4) is 0 Å². The van der Waals surface area contributed by atoms with Gasteiger partial charge in [0.1, 0.15) is 11.9 Å². The van der Waals surface area contributed by atoms with Gasteiger partial charge in [0.25, 0.3) is 0 Å². The summed E-state index contributed by atoms with van der Waals surface area (Å²) in [5.74, 6) is -2.29. The second-order valence-corrected chi connectivity index (χ2v) is 2.79. The van der Waals surface area contributed by atoms with Crippen LogP contribution in [0.1, 0.15) is 11.7 Å². The molecular formula is C9H9F2NO2. The predicted octanol–water partition coefficient (Wildman–Crippen LogP) is 1.25.